The van der Waals surface area contributed by atoms with Crippen LogP contribution in [0.3, 0.4) is 0 Å². The maximum absolute atomic E-state index is 13.0. The largest absolute Gasteiger partial charge is 0.281 e. The Labute approximate surface area is 90.2 Å². The van der Waals surface area contributed by atoms with E-state index in [1.807, 2.05) is 0 Å². The number of alkyl halides is 2. The first kappa shape index (κ1) is 11.5. The topological polar surface area (TPSA) is 30.0 Å². The van der Waals surface area contributed by atoms with Crippen LogP contribution in [0.15, 0.2) is 10.7 Å². The average Bonchev–Trinajstić information content (AvgIpc) is 2.01. The molecule has 1 aromatic heterocycles. The number of pyridine rings is 1. The van der Waals surface area contributed by atoms with Crippen LogP contribution in [0.5, 0.6) is 0 Å². The Morgan fingerprint density at radius 3 is 2.57 bits per heavy atom. The summed E-state index contributed by atoms with van der Waals surface area (Å²) in [4.78, 5) is 13.9. The zero-order valence-corrected chi connectivity index (χ0v) is 8.74. The highest BCUT2D eigenvalue weighted by Crippen LogP contribution is 2.26. The van der Waals surface area contributed by atoms with Crippen molar-refractivity contribution >= 4 is 32.8 Å². The Hall–Kier alpha value is -0.620. The highest BCUT2D eigenvalue weighted by molar-refractivity contribution is 9.10. The van der Waals surface area contributed by atoms with Crippen LogP contribution in [-0.4, -0.2) is 10.2 Å². The van der Waals surface area contributed by atoms with Gasteiger partial charge in [-0.3, -0.25) is 4.79 Å². The summed E-state index contributed by atoms with van der Waals surface area (Å²) in [5.74, 6) is -1.12. The van der Waals surface area contributed by atoms with E-state index in [4.69, 9.17) is 11.6 Å². The third kappa shape index (κ3) is 2.24. The Morgan fingerprint density at radius 2 is 2.14 bits per heavy atom. The minimum absolute atomic E-state index is 0.119. The van der Waals surface area contributed by atoms with E-state index in [1.54, 1.807) is 0 Å². The van der Waals surface area contributed by atoms with Crippen LogP contribution in [0.4, 0.5) is 13.2 Å². The van der Waals surface area contributed by atoms with Crippen LogP contribution in [-0.2, 0) is 0 Å². The first-order valence-electron chi connectivity index (χ1n) is 3.27. The number of rotatable bonds is 2. The van der Waals surface area contributed by atoms with Gasteiger partial charge in [-0.15, -0.1) is 0 Å². The number of aromatic nitrogens is 1. The SMILES string of the molecule is O=C(Cl)c1c(F)cc(Br)nc1C(F)F. The van der Waals surface area contributed by atoms with Crippen LogP contribution >= 0.6 is 27.5 Å². The monoisotopic (exact) mass is 287 g/mol. The number of carbonyl (C=O) groups is 1. The number of hydrogen-bond donors (Lipinski definition) is 0. The minimum atomic E-state index is -3.06. The lowest BCUT2D eigenvalue weighted by molar-refractivity contribution is 0.105. The lowest BCUT2D eigenvalue weighted by Crippen LogP contribution is -2.05. The van der Waals surface area contributed by atoms with Crippen molar-refractivity contribution in [1.82, 2.24) is 4.98 Å². The van der Waals surface area contributed by atoms with Gasteiger partial charge in [-0.2, -0.15) is 0 Å². The zero-order chi connectivity index (χ0) is 10.9. The Bertz CT molecular complexity index is 385. The summed E-state index contributed by atoms with van der Waals surface area (Å²) < 4.78 is 37.5. The van der Waals surface area contributed by atoms with E-state index < -0.39 is 28.7 Å². The van der Waals surface area contributed by atoms with Gasteiger partial charge in [-0.05, 0) is 27.5 Å². The molecular formula is C7H2BrClF3NO. The fourth-order valence-electron chi connectivity index (χ4n) is 0.855. The van der Waals surface area contributed by atoms with E-state index >= 15 is 0 Å². The van der Waals surface area contributed by atoms with Gasteiger partial charge in [0.15, 0.2) is 0 Å². The second-order valence-corrected chi connectivity index (χ2v) is 3.42. The molecule has 1 heterocycles. The molecular weight excluding hydrogens is 286 g/mol. The average molecular weight is 288 g/mol. The van der Waals surface area contributed by atoms with Crippen molar-refractivity contribution in [2.24, 2.45) is 0 Å². The second kappa shape index (κ2) is 4.27. The van der Waals surface area contributed by atoms with E-state index in [-0.39, 0.29) is 4.60 Å². The Morgan fingerprint density at radius 1 is 1.57 bits per heavy atom. The van der Waals surface area contributed by atoms with Gasteiger partial charge in [-0.1, -0.05) is 0 Å². The fraction of sp³-hybridized carbons (Fsp3) is 0.143. The summed E-state index contributed by atoms with van der Waals surface area (Å²) in [7, 11) is 0. The van der Waals surface area contributed by atoms with Crippen LogP contribution in [0.1, 0.15) is 22.5 Å². The number of halogens is 5. The molecule has 0 aliphatic carbocycles. The highest BCUT2D eigenvalue weighted by atomic mass is 79.9. The van der Waals surface area contributed by atoms with Crippen molar-refractivity contribution in [3.05, 3.63) is 27.7 Å². The van der Waals surface area contributed by atoms with Gasteiger partial charge in [0.25, 0.3) is 11.7 Å². The van der Waals surface area contributed by atoms with Crippen molar-refractivity contribution < 1.29 is 18.0 Å². The summed E-state index contributed by atoms with van der Waals surface area (Å²) in [5.41, 5.74) is -1.85. The van der Waals surface area contributed by atoms with Crippen molar-refractivity contribution in [2.75, 3.05) is 0 Å². The molecule has 0 saturated heterocycles. The molecule has 0 spiro atoms. The predicted octanol–water partition coefficient (Wildman–Crippen LogP) is 3.30. The van der Waals surface area contributed by atoms with Crippen LogP contribution < -0.4 is 0 Å². The molecule has 1 rings (SSSR count). The van der Waals surface area contributed by atoms with Gasteiger partial charge >= 0.3 is 0 Å². The third-order valence-corrected chi connectivity index (χ3v) is 1.97. The van der Waals surface area contributed by atoms with E-state index in [0.717, 1.165) is 6.07 Å². The molecule has 0 aliphatic rings. The third-order valence-electron chi connectivity index (χ3n) is 1.37. The Kier molecular flexibility index (Phi) is 3.49. The van der Waals surface area contributed by atoms with Crippen LogP contribution in [0, 0.1) is 5.82 Å². The number of carbonyl (C=O) groups excluding carboxylic acids is 1. The van der Waals surface area contributed by atoms with Gasteiger partial charge < -0.3 is 0 Å². The quantitative estimate of drug-likeness (QED) is 0.617. The van der Waals surface area contributed by atoms with Crippen molar-refractivity contribution in [1.29, 1.82) is 0 Å². The number of hydrogen-bond acceptors (Lipinski definition) is 2. The lowest BCUT2D eigenvalue weighted by atomic mass is 10.2. The normalized spacial score (nSPS) is 10.7. The summed E-state index contributed by atoms with van der Waals surface area (Å²) in [6.07, 6.45) is -3.06. The van der Waals surface area contributed by atoms with Gasteiger partial charge in [0.05, 0.1) is 5.56 Å². The molecule has 2 nitrogen and oxygen atoms in total. The molecule has 1 aromatic rings. The first-order chi connectivity index (χ1) is 6.43. The minimum Gasteiger partial charge on any atom is -0.275 e. The molecule has 0 atom stereocenters. The van der Waals surface area contributed by atoms with Gasteiger partial charge in [-0.25, -0.2) is 18.2 Å². The molecule has 7 heteroatoms. The molecule has 0 N–H and O–H groups in total. The van der Waals surface area contributed by atoms with Crippen LogP contribution in [0.25, 0.3) is 0 Å². The molecule has 0 amide bonds. The van der Waals surface area contributed by atoms with Crippen molar-refractivity contribution in [3.63, 3.8) is 0 Å². The molecule has 0 aromatic carbocycles. The zero-order valence-electron chi connectivity index (χ0n) is 6.40. The maximum atomic E-state index is 13.0. The lowest BCUT2D eigenvalue weighted by Gasteiger charge is -2.05. The van der Waals surface area contributed by atoms with Crippen molar-refractivity contribution in [3.8, 4) is 0 Å². The fourth-order valence-corrected chi connectivity index (χ4v) is 1.43. The van der Waals surface area contributed by atoms with Gasteiger partial charge in [0.2, 0.25) is 0 Å². The molecule has 0 radical (unpaired) electrons. The molecule has 14 heavy (non-hydrogen) atoms. The second-order valence-electron chi connectivity index (χ2n) is 2.26. The summed E-state index contributed by atoms with van der Waals surface area (Å²) >= 11 is 7.67. The van der Waals surface area contributed by atoms with E-state index in [2.05, 4.69) is 20.9 Å². The molecule has 76 valence electrons. The molecule has 0 saturated carbocycles. The summed E-state index contributed by atoms with van der Waals surface area (Å²) in [5, 5.41) is -1.29. The maximum Gasteiger partial charge on any atom is 0.281 e. The van der Waals surface area contributed by atoms with Gasteiger partial charge in [0.1, 0.15) is 16.1 Å². The predicted molar refractivity (Wildman–Crippen MR) is 47.0 cm³/mol. The molecule has 0 fully saturated rings. The van der Waals surface area contributed by atoms with Gasteiger partial charge in [0, 0.05) is 6.07 Å². The Balaban J connectivity index is 3.44. The molecule has 0 bridgehead atoms. The van der Waals surface area contributed by atoms with Crippen molar-refractivity contribution in [2.45, 2.75) is 6.43 Å². The van der Waals surface area contributed by atoms with E-state index in [0.29, 0.717) is 0 Å². The highest BCUT2D eigenvalue weighted by Gasteiger charge is 2.23. The van der Waals surface area contributed by atoms with Crippen LogP contribution in [0.2, 0.25) is 0 Å². The smallest absolute Gasteiger partial charge is 0.275 e. The standard InChI is InChI=1S/C7H2BrClF3NO/c8-3-1-2(10)4(6(9)14)5(13-3)7(11)12/h1,7H. The molecule has 0 unspecified atom stereocenters. The molecule has 0 aliphatic heterocycles. The van der Waals surface area contributed by atoms with E-state index in [9.17, 15) is 18.0 Å². The first-order valence-corrected chi connectivity index (χ1v) is 4.44. The number of nitrogens with zero attached hydrogens (tertiary/aromatic N) is 1. The van der Waals surface area contributed by atoms with E-state index in [1.165, 1.54) is 0 Å². The summed E-state index contributed by atoms with van der Waals surface area (Å²) in [6.45, 7) is 0. The summed E-state index contributed by atoms with van der Waals surface area (Å²) in [6, 6.07) is 0.793.